The van der Waals surface area contributed by atoms with Gasteiger partial charge in [0.25, 0.3) is 0 Å². The van der Waals surface area contributed by atoms with Crippen LogP contribution in [0.3, 0.4) is 0 Å². The lowest BCUT2D eigenvalue weighted by atomic mass is 10.00. The van der Waals surface area contributed by atoms with Crippen molar-refractivity contribution in [1.29, 1.82) is 0 Å². The van der Waals surface area contributed by atoms with E-state index in [9.17, 15) is 9.90 Å². The first-order valence-corrected chi connectivity index (χ1v) is 13.6. The Bertz CT molecular complexity index is 1260. The van der Waals surface area contributed by atoms with Crippen molar-refractivity contribution in [3.05, 3.63) is 52.8 Å². The Morgan fingerprint density at radius 3 is 2.97 bits per heavy atom. The zero-order valence-electron chi connectivity index (χ0n) is 22.2. The number of aliphatic carboxylic acids is 1. The van der Waals surface area contributed by atoms with Crippen molar-refractivity contribution in [2.45, 2.75) is 76.5 Å². The van der Waals surface area contributed by atoms with Gasteiger partial charge in [0, 0.05) is 42.9 Å². The summed E-state index contributed by atoms with van der Waals surface area (Å²) in [5, 5.41) is 19.2. The van der Waals surface area contributed by atoms with Crippen LogP contribution >= 0.6 is 0 Å². The number of hydrogen-bond acceptors (Lipinski definition) is 6. The number of nitrogens with zero attached hydrogens (tertiary/aromatic N) is 4. The highest BCUT2D eigenvalue weighted by atomic mass is 16.5. The largest absolute Gasteiger partial charge is 0.480 e. The molecule has 3 heterocycles. The van der Waals surface area contributed by atoms with Crippen LogP contribution in [0.1, 0.15) is 67.1 Å². The topological polar surface area (TPSA) is 92.5 Å². The normalized spacial score (nSPS) is 20.2. The molecule has 2 aromatic heterocycles. The van der Waals surface area contributed by atoms with Crippen molar-refractivity contribution in [3.63, 3.8) is 0 Å². The second-order valence-corrected chi connectivity index (χ2v) is 10.6. The molecule has 2 N–H and O–H groups in total. The molecule has 0 bridgehead atoms. The number of fused-ring (bicyclic) bond motifs is 2. The van der Waals surface area contributed by atoms with Gasteiger partial charge in [-0.25, -0.2) is 4.98 Å². The number of carboxylic acid groups (broad SMARTS) is 1. The van der Waals surface area contributed by atoms with Gasteiger partial charge in [-0.1, -0.05) is 24.3 Å². The highest BCUT2D eigenvalue weighted by molar-refractivity contribution is 5.89. The second kappa shape index (κ2) is 11.2. The van der Waals surface area contributed by atoms with Gasteiger partial charge in [0.05, 0.1) is 17.3 Å². The Morgan fingerprint density at radius 1 is 1.27 bits per heavy atom. The predicted molar refractivity (Wildman–Crippen MR) is 145 cm³/mol. The molecule has 5 rings (SSSR count). The smallest absolute Gasteiger partial charge is 0.325 e. The molecular formula is C29H39N5O3. The fourth-order valence-corrected chi connectivity index (χ4v) is 6.11. The van der Waals surface area contributed by atoms with Crippen molar-refractivity contribution < 1.29 is 14.6 Å². The van der Waals surface area contributed by atoms with E-state index < -0.39 is 12.0 Å². The van der Waals surface area contributed by atoms with E-state index in [1.54, 1.807) is 4.68 Å². The molecule has 1 fully saturated rings. The van der Waals surface area contributed by atoms with E-state index in [0.717, 1.165) is 91.8 Å². The average molecular weight is 506 g/mol. The number of para-hydroxylation sites is 1. The van der Waals surface area contributed by atoms with Crippen LogP contribution in [0, 0.1) is 6.92 Å². The first kappa shape index (κ1) is 25.7. The van der Waals surface area contributed by atoms with E-state index in [-0.39, 0.29) is 12.1 Å². The van der Waals surface area contributed by atoms with Crippen molar-refractivity contribution in [3.8, 4) is 0 Å². The van der Waals surface area contributed by atoms with Crippen LogP contribution in [0.2, 0.25) is 0 Å². The molecule has 1 aliphatic carbocycles. The summed E-state index contributed by atoms with van der Waals surface area (Å²) >= 11 is 0. The first-order valence-electron chi connectivity index (χ1n) is 13.6. The molecule has 1 aliphatic heterocycles. The molecule has 1 aromatic carbocycles. The lowest BCUT2D eigenvalue weighted by Crippen LogP contribution is -2.38. The van der Waals surface area contributed by atoms with Crippen LogP contribution in [-0.2, 0) is 29.4 Å². The van der Waals surface area contributed by atoms with Gasteiger partial charge in [-0.3, -0.25) is 14.4 Å². The monoisotopic (exact) mass is 505 g/mol. The number of benzene rings is 1. The van der Waals surface area contributed by atoms with E-state index >= 15 is 0 Å². The van der Waals surface area contributed by atoms with E-state index in [2.05, 4.69) is 22.5 Å². The number of aryl methyl sites for hydroxylation is 4. The molecule has 1 saturated carbocycles. The van der Waals surface area contributed by atoms with Crippen LogP contribution in [0.5, 0.6) is 0 Å². The van der Waals surface area contributed by atoms with Crippen LogP contribution in [0.15, 0.2) is 30.3 Å². The zero-order chi connectivity index (χ0) is 25.9. The third kappa shape index (κ3) is 5.50. The molecule has 8 heteroatoms. The molecule has 0 saturated heterocycles. The fraction of sp³-hybridized carbons (Fsp3) is 0.552. The highest BCUT2D eigenvalue weighted by Crippen LogP contribution is 2.35. The number of carboxylic acids is 1. The Hall–Kier alpha value is -2.97. The molecule has 37 heavy (non-hydrogen) atoms. The summed E-state index contributed by atoms with van der Waals surface area (Å²) in [6, 6.07) is 9.70. The summed E-state index contributed by atoms with van der Waals surface area (Å²) in [5.41, 5.74) is 5.09. The van der Waals surface area contributed by atoms with E-state index in [4.69, 9.17) is 9.72 Å². The van der Waals surface area contributed by atoms with Gasteiger partial charge in [0.2, 0.25) is 0 Å². The number of ether oxygens (including phenoxy) is 1. The molecule has 0 unspecified atom stereocenters. The Morgan fingerprint density at radius 2 is 2.14 bits per heavy atom. The minimum Gasteiger partial charge on any atom is -0.480 e. The van der Waals surface area contributed by atoms with Crippen molar-refractivity contribution in [2.24, 2.45) is 7.05 Å². The summed E-state index contributed by atoms with van der Waals surface area (Å²) in [7, 11) is 3.82. The lowest BCUT2D eigenvalue weighted by molar-refractivity contribution is -0.144. The molecule has 3 aromatic rings. The summed E-state index contributed by atoms with van der Waals surface area (Å²) in [6.45, 7) is 3.71. The first-order chi connectivity index (χ1) is 17.9. The van der Waals surface area contributed by atoms with Gasteiger partial charge in [-0.15, -0.1) is 0 Å². The van der Waals surface area contributed by atoms with Gasteiger partial charge in [-0.05, 0) is 77.0 Å². The van der Waals surface area contributed by atoms with Gasteiger partial charge < -0.3 is 15.2 Å². The molecule has 2 aliphatic rings. The maximum absolute atomic E-state index is 12.5. The lowest BCUT2D eigenvalue weighted by Gasteiger charge is -2.31. The molecule has 198 valence electrons. The predicted octanol–water partition coefficient (Wildman–Crippen LogP) is 4.65. The molecule has 8 nitrogen and oxygen atoms in total. The Kier molecular flexibility index (Phi) is 7.76. The number of unbranched alkanes of at least 4 members (excludes halogenated alkanes) is 1. The van der Waals surface area contributed by atoms with Crippen molar-refractivity contribution in [2.75, 3.05) is 25.5 Å². The van der Waals surface area contributed by atoms with Gasteiger partial charge in [-0.2, -0.15) is 5.10 Å². The number of likely N-dealkylation sites (N-methyl/N-ethyl adjacent to an activating group) is 1. The average Bonchev–Trinajstić information content (AvgIpc) is 3.48. The van der Waals surface area contributed by atoms with Crippen LogP contribution in [-0.4, -0.2) is 63.1 Å². The van der Waals surface area contributed by atoms with E-state index in [1.165, 1.54) is 12.0 Å². The van der Waals surface area contributed by atoms with Gasteiger partial charge in [0.1, 0.15) is 11.9 Å². The Balaban J connectivity index is 1.13. The number of anilines is 1. The van der Waals surface area contributed by atoms with Crippen LogP contribution in [0.25, 0.3) is 10.9 Å². The minimum absolute atomic E-state index is 0.169. The molecular weight excluding hydrogens is 466 g/mol. The number of pyridine rings is 1. The zero-order valence-corrected chi connectivity index (χ0v) is 22.2. The maximum Gasteiger partial charge on any atom is 0.325 e. The summed E-state index contributed by atoms with van der Waals surface area (Å²) < 4.78 is 8.04. The number of carbonyl (C=O) groups is 1. The number of rotatable bonds is 10. The molecule has 0 spiro atoms. The molecule has 0 radical (unpaired) electrons. The third-order valence-electron chi connectivity index (χ3n) is 8.08. The van der Waals surface area contributed by atoms with Gasteiger partial charge >= 0.3 is 5.97 Å². The molecule has 3 atom stereocenters. The SMILES string of the molecule is Cc1nn(C)c2c([C@@H](C(=O)O)N(C)[C@H]3CC[C@H](OCCCCc4ccc5c(n4)NCCC5)C3)cccc12. The fourth-order valence-electron chi connectivity index (χ4n) is 6.11. The van der Waals surface area contributed by atoms with E-state index in [0.29, 0.717) is 0 Å². The van der Waals surface area contributed by atoms with Crippen molar-refractivity contribution >= 4 is 22.7 Å². The maximum atomic E-state index is 12.5. The third-order valence-corrected chi connectivity index (χ3v) is 8.08. The number of aromatic nitrogens is 3. The van der Waals surface area contributed by atoms with Crippen molar-refractivity contribution in [1.82, 2.24) is 19.7 Å². The standard InChI is InChI=1S/C29H39N5O3/c1-19-24-10-6-11-25(26(24)34(3)32-19)27(29(35)36)33(2)22-14-15-23(18-22)37-17-5-4-9-21-13-12-20-8-7-16-30-28(20)31-21/h6,10-13,22-23,27H,4-5,7-9,14-18H2,1-3H3,(H,30,31)(H,35,36)/t22-,23-,27-/m0/s1. The summed E-state index contributed by atoms with van der Waals surface area (Å²) in [4.78, 5) is 19.3. The minimum atomic E-state index is -0.829. The number of hydrogen-bond donors (Lipinski definition) is 2. The van der Waals surface area contributed by atoms with E-state index in [1.807, 2.05) is 44.1 Å². The Labute approximate surface area is 219 Å². The van der Waals surface area contributed by atoms with Crippen LogP contribution < -0.4 is 5.32 Å². The summed E-state index contributed by atoms with van der Waals surface area (Å²) in [6.07, 6.45) is 8.27. The van der Waals surface area contributed by atoms with Crippen LogP contribution in [0.4, 0.5) is 5.82 Å². The van der Waals surface area contributed by atoms with Gasteiger partial charge in [0.15, 0.2) is 0 Å². The number of nitrogens with one attached hydrogen (secondary N) is 1. The highest BCUT2D eigenvalue weighted by Gasteiger charge is 2.36. The second-order valence-electron chi connectivity index (χ2n) is 10.6. The quantitative estimate of drug-likeness (QED) is 0.387. The molecule has 0 amide bonds. The summed E-state index contributed by atoms with van der Waals surface area (Å²) in [5.74, 6) is 0.236.